The molecule has 2 unspecified atom stereocenters. The Labute approximate surface area is 117 Å². The summed E-state index contributed by atoms with van der Waals surface area (Å²) in [6.45, 7) is 5.30. The van der Waals surface area contributed by atoms with Crippen molar-refractivity contribution in [3.63, 3.8) is 0 Å². The van der Waals surface area contributed by atoms with Crippen molar-refractivity contribution in [2.24, 2.45) is 11.8 Å². The predicted octanol–water partition coefficient (Wildman–Crippen LogP) is 0.235. The second-order valence-electron chi connectivity index (χ2n) is 5.31. The molecule has 110 valence electrons. The lowest BCUT2D eigenvalue weighted by Crippen LogP contribution is -2.40. The van der Waals surface area contributed by atoms with Gasteiger partial charge in [0.1, 0.15) is 5.76 Å². The number of likely N-dealkylation sites (N-methyl/N-ethyl adjacent to an activating group) is 1. The van der Waals surface area contributed by atoms with Crippen LogP contribution >= 0.6 is 0 Å². The molecule has 1 fully saturated rings. The second kappa shape index (κ2) is 6.04. The van der Waals surface area contributed by atoms with E-state index in [1.807, 2.05) is 6.92 Å². The highest BCUT2D eigenvalue weighted by Gasteiger charge is 2.32. The van der Waals surface area contributed by atoms with Gasteiger partial charge in [0.2, 0.25) is 11.8 Å². The Bertz CT molecular complexity index is 500. The molecule has 1 aliphatic heterocycles. The van der Waals surface area contributed by atoms with Crippen molar-refractivity contribution < 1.29 is 14.1 Å². The van der Waals surface area contributed by atoms with Crippen molar-refractivity contribution in [2.75, 3.05) is 32.0 Å². The van der Waals surface area contributed by atoms with E-state index in [2.05, 4.69) is 15.8 Å². The average Bonchev–Trinajstić information content (AvgIpc) is 2.97. The van der Waals surface area contributed by atoms with Crippen molar-refractivity contribution >= 4 is 17.6 Å². The molecule has 0 aliphatic carbocycles. The third kappa shape index (κ3) is 3.36. The monoisotopic (exact) mass is 280 g/mol. The van der Waals surface area contributed by atoms with Crippen molar-refractivity contribution in [3.05, 3.63) is 11.8 Å². The van der Waals surface area contributed by atoms with Gasteiger partial charge in [-0.25, -0.2) is 0 Å². The molecular formula is C13H20N4O3. The van der Waals surface area contributed by atoms with E-state index in [-0.39, 0.29) is 24.3 Å². The quantitative estimate of drug-likeness (QED) is 0.824. The van der Waals surface area contributed by atoms with Crippen LogP contribution in [0.25, 0.3) is 0 Å². The minimum absolute atomic E-state index is 0.00557. The smallest absolute Gasteiger partial charge is 0.245 e. The first-order valence-corrected chi connectivity index (χ1v) is 6.66. The first-order chi connectivity index (χ1) is 9.47. The molecule has 0 radical (unpaired) electrons. The number of hydrogen-bond donors (Lipinski definition) is 2. The maximum Gasteiger partial charge on any atom is 0.245 e. The van der Waals surface area contributed by atoms with Gasteiger partial charge in [-0.05, 0) is 19.4 Å². The zero-order valence-electron chi connectivity index (χ0n) is 12.0. The van der Waals surface area contributed by atoms with Crippen LogP contribution in [0.1, 0.15) is 12.7 Å². The number of carbonyl (C=O) groups excluding carboxylic acids is 2. The van der Waals surface area contributed by atoms with E-state index in [4.69, 9.17) is 4.52 Å². The number of hydrogen-bond acceptors (Lipinski definition) is 5. The molecule has 2 heterocycles. The molecule has 2 atom stereocenters. The number of amides is 2. The average molecular weight is 280 g/mol. The van der Waals surface area contributed by atoms with Crippen LogP contribution in [0.15, 0.2) is 10.6 Å². The lowest BCUT2D eigenvalue weighted by Gasteiger charge is -2.22. The van der Waals surface area contributed by atoms with Gasteiger partial charge in [0.15, 0.2) is 5.82 Å². The SMILES string of the molecule is Cc1cc(NC(=O)CN(C)C(=O)C2CNCC2C)no1. The van der Waals surface area contributed by atoms with Crippen molar-refractivity contribution in [3.8, 4) is 0 Å². The molecule has 1 aliphatic rings. The summed E-state index contributed by atoms with van der Waals surface area (Å²) in [5.41, 5.74) is 0. The standard InChI is InChI=1S/C13H20N4O3/c1-8-5-14-6-10(8)13(19)17(3)7-12(18)15-11-4-9(2)20-16-11/h4,8,10,14H,5-7H2,1-3H3,(H,15,16,18). The van der Waals surface area contributed by atoms with Gasteiger partial charge in [0.25, 0.3) is 0 Å². The normalized spacial score (nSPS) is 21.8. The summed E-state index contributed by atoms with van der Waals surface area (Å²) < 4.78 is 4.86. The van der Waals surface area contributed by atoms with E-state index in [0.717, 1.165) is 6.54 Å². The van der Waals surface area contributed by atoms with Crippen LogP contribution in [-0.4, -0.2) is 48.6 Å². The minimum atomic E-state index is -0.284. The van der Waals surface area contributed by atoms with Crippen LogP contribution in [0, 0.1) is 18.8 Å². The van der Waals surface area contributed by atoms with Gasteiger partial charge in [-0.2, -0.15) is 0 Å². The number of nitrogens with one attached hydrogen (secondary N) is 2. The van der Waals surface area contributed by atoms with E-state index >= 15 is 0 Å². The number of rotatable bonds is 4. The Hall–Kier alpha value is -1.89. The van der Waals surface area contributed by atoms with E-state index in [0.29, 0.717) is 24.0 Å². The molecular weight excluding hydrogens is 260 g/mol. The van der Waals surface area contributed by atoms with Gasteiger partial charge < -0.3 is 20.1 Å². The summed E-state index contributed by atoms with van der Waals surface area (Å²) in [5.74, 6) is 0.940. The van der Waals surface area contributed by atoms with Gasteiger partial charge in [0.05, 0.1) is 12.5 Å². The number of aromatic nitrogens is 1. The van der Waals surface area contributed by atoms with Crippen molar-refractivity contribution in [2.45, 2.75) is 13.8 Å². The topological polar surface area (TPSA) is 87.5 Å². The highest BCUT2D eigenvalue weighted by Crippen LogP contribution is 2.18. The molecule has 7 heteroatoms. The third-order valence-corrected chi connectivity index (χ3v) is 3.49. The molecule has 2 N–H and O–H groups in total. The molecule has 1 saturated heterocycles. The van der Waals surface area contributed by atoms with Crippen LogP contribution in [0.5, 0.6) is 0 Å². The predicted molar refractivity (Wildman–Crippen MR) is 73.0 cm³/mol. The van der Waals surface area contributed by atoms with Crippen molar-refractivity contribution in [1.29, 1.82) is 0 Å². The number of anilines is 1. The number of aryl methyl sites for hydroxylation is 1. The molecule has 2 rings (SSSR count). The summed E-state index contributed by atoms with van der Waals surface area (Å²) in [5, 5.41) is 9.46. The van der Waals surface area contributed by atoms with E-state index in [9.17, 15) is 9.59 Å². The first kappa shape index (κ1) is 14.5. The summed E-state index contributed by atoms with van der Waals surface area (Å²) in [4.78, 5) is 25.5. The van der Waals surface area contributed by atoms with Gasteiger partial charge >= 0.3 is 0 Å². The second-order valence-corrected chi connectivity index (χ2v) is 5.31. The van der Waals surface area contributed by atoms with Crippen LogP contribution in [-0.2, 0) is 9.59 Å². The van der Waals surface area contributed by atoms with Crippen LogP contribution in [0.2, 0.25) is 0 Å². The third-order valence-electron chi connectivity index (χ3n) is 3.49. The molecule has 1 aromatic rings. The summed E-state index contributed by atoms with van der Waals surface area (Å²) in [6.07, 6.45) is 0. The van der Waals surface area contributed by atoms with E-state index in [1.54, 1.807) is 20.0 Å². The Morgan fingerprint density at radius 1 is 1.55 bits per heavy atom. The van der Waals surface area contributed by atoms with E-state index < -0.39 is 0 Å². The largest absolute Gasteiger partial charge is 0.360 e. The fraction of sp³-hybridized carbons (Fsp3) is 0.615. The van der Waals surface area contributed by atoms with Gasteiger partial charge in [-0.3, -0.25) is 9.59 Å². The maximum absolute atomic E-state index is 12.2. The molecule has 1 aromatic heterocycles. The Balaban J connectivity index is 1.85. The zero-order valence-corrected chi connectivity index (χ0v) is 12.0. The Kier molecular flexibility index (Phi) is 4.39. The summed E-state index contributed by atoms with van der Waals surface area (Å²) >= 11 is 0. The molecule has 0 saturated carbocycles. The van der Waals surface area contributed by atoms with Gasteiger partial charge in [-0.1, -0.05) is 12.1 Å². The summed E-state index contributed by atoms with van der Waals surface area (Å²) in [7, 11) is 1.64. The number of carbonyl (C=O) groups is 2. The molecule has 2 amide bonds. The Morgan fingerprint density at radius 2 is 2.30 bits per heavy atom. The van der Waals surface area contributed by atoms with Crippen LogP contribution in [0.3, 0.4) is 0 Å². The van der Waals surface area contributed by atoms with E-state index in [1.165, 1.54) is 4.90 Å². The molecule has 0 aromatic carbocycles. The van der Waals surface area contributed by atoms with Crippen LogP contribution < -0.4 is 10.6 Å². The highest BCUT2D eigenvalue weighted by molar-refractivity contribution is 5.94. The fourth-order valence-electron chi connectivity index (χ4n) is 2.32. The Morgan fingerprint density at radius 3 is 2.85 bits per heavy atom. The molecule has 7 nitrogen and oxygen atoms in total. The lowest BCUT2D eigenvalue weighted by atomic mass is 9.97. The molecule has 20 heavy (non-hydrogen) atoms. The van der Waals surface area contributed by atoms with Gasteiger partial charge in [0, 0.05) is 19.7 Å². The molecule has 0 spiro atoms. The van der Waals surface area contributed by atoms with Crippen LogP contribution in [0.4, 0.5) is 5.82 Å². The maximum atomic E-state index is 12.2. The first-order valence-electron chi connectivity index (χ1n) is 6.66. The zero-order chi connectivity index (χ0) is 14.7. The van der Waals surface area contributed by atoms with Crippen molar-refractivity contribution in [1.82, 2.24) is 15.4 Å². The molecule has 0 bridgehead atoms. The summed E-state index contributed by atoms with van der Waals surface area (Å²) in [6, 6.07) is 1.63. The lowest BCUT2D eigenvalue weighted by molar-refractivity contribution is -0.137. The van der Waals surface area contributed by atoms with Gasteiger partial charge in [-0.15, -0.1) is 0 Å². The number of nitrogens with zero attached hydrogens (tertiary/aromatic N) is 2. The fourth-order valence-corrected chi connectivity index (χ4v) is 2.32. The highest BCUT2D eigenvalue weighted by atomic mass is 16.5. The minimum Gasteiger partial charge on any atom is -0.360 e.